The van der Waals surface area contributed by atoms with Crippen molar-refractivity contribution >= 4 is 23.7 Å². The standard InChI is InChI=1S/C11H13NO4S/c1-7(10(13)15-2)16-11(14)8-5-4-6-12-9(8)17-3/h4-7H,1-3H3. The molecular weight excluding hydrogens is 242 g/mol. The molecule has 5 nitrogen and oxygen atoms in total. The van der Waals surface area contributed by atoms with Crippen LogP contribution in [-0.4, -0.2) is 36.4 Å². The van der Waals surface area contributed by atoms with Gasteiger partial charge in [-0.15, -0.1) is 11.8 Å². The second-order valence-electron chi connectivity index (χ2n) is 3.13. The van der Waals surface area contributed by atoms with Gasteiger partial charge in [-0.1, -0.05) is 0 Å². The van der Waals surface area contributed by atoms with Crippen molar-refractivity contribution in [3.63, 3.8) is 0 Å². The van der Waals surface area contributed by atoms with E-state index in [0.717, 1.165) is 0 Å². The Balaban J connectivity index is 2.79. The quantitative estimate of drug-likeness (QED) is 0.600. The van der Waals surface area contributed by atoms with Gasteiger partial charge in [0, 0.05) is 6.20 Å². The summed E-state index contributed by atoms with van der Waals surface area (Å²) >= 11 is 1.34. The van der Waals surface area contributed by atoms with Crippen LogP contribution in [0.15, 0.2) is 23.4 Å². The van der Waals surface area contributed by atoms with Gasteiger partial charge in [0.1, 0.15) is 5.03 Å². The van der Waals surface area contributed by atoms with Crippen molar-refractivity contribution < 1.29 is 19.1 Å². The monoisotopic (exact) mass is 255 g/mol. The summed E-state index contributed by atoms with van der Waals surface area (Å²) in [6.07, 6.45) is 2.47. The molecule has 17 heavy (non-hydrogen) atoms. The number of ether oxygens (including phenoxy) is 2. The molecule has 6 heteroatoms. The van der Waals surface area contributed by atoms with Gasteiger partial charge in [0.25, 0.3) is 0 Å². The second kappa shape index (κ2) is 6.24. The molecule has 0 aliphatic heterocycles. The molecule has 0 aromatic carbocycles. The van der Waals surface area contributed by atoms with Crippen LogP contribution in [0, 0.1) is 0 Å². The fourth-order valence-electron chi connectivity index (χ4n) is 1.15. The van der Waals surface area contributed by atoms with Crippen LogP contribution in [0.5, 0.6) is 0 Å². The van der Waals surface area contributed by atoms with E-state index < -0.39 is 18.0 Å². The van der Waals surface area contributed by atoms with Crippen molar-refractivity contribution in [3.05, 3.63) is 23.9 Å². The largest absolute Gasteiger partial charge is 0.466 e. The van der Waals surface area contributed by atoms with E-state index in [1.54, 1.807) is 18.3 Å². The van der Waals surface area contributed by atoms with E-state index in [2.05, 4.69) is 9.72 Å². The first-order valence-corrected chi connectivity index (χ1v) is 6.10. The Morgan fingerprint density at radius 1 is 1.47 bits per heavy atom. The van der Waals surface area contributed by atoms with E-state index in [9.17, 15) is 9.59 Å². The smallest absolute Gasteiger partial charge is 0.346 e. The molecule has 0 aliphatic carbocycles. The van der Waals surface area contributed by atoms with Crippen molar-refractivity contribution in [1.29, 1.82) is 0 Å². The highest BCUT2D eigenvalue weighted by Crippen LogP contribution is 2.18. The second-order valence-corrected chi connectivity index (χ2v) is 3.93. The van der Waals surface area contributed by atoms with Gasteiger partial charge in [0.15, 0.2) is 6.10 Å². The van der Waals surface area contributed by atoms with Gasteiger partial charge < -0.3 is 9.47 Å². The summed E-state index contributed by atoms with van der Waals surface area (Å²) in [4.78, 5) is 26.9. The third-order valence-corrected chi connectivity index (χ3v) is 2.71. The summed E-state index contributed by atoms with van der Waals surface area (Å²) in [5.74, 6) is -1.17. The first-order valence-electron chi connectivity index (χ1n) is 4.88. The number of thioether (sulfide) groups is 1. The average molecular weight is 255 g/mol. The van der Waals surface area contributed by atoms with E-state index >= 15 is 0 Å². The molecule has 1 rings (SSSR count). The molecule has 1 heterocycles. The molecule has 0 saturated carbocycles. The highest BCUT2D eigenvalue weighted by Gasteiger charge is 2.21. The van der Waals surface area contributed by atoms with E-state index in [1.807, 2.05) is 6.26 Å². The third-order valence-electron chi connectivity index (χ3n) is 2.00. The lowest BCUT2D eigenvalue weighted by atomic mass is 10.3. The van der Waals surface area contributed by atoms with Gasteiger partial charge in [0.05, 0.1) is 12.7 Å². The fourth-order valence-corrected chi connectivity index (χ4v) is 1.68. The Bertz CT molecular complexity index is 422. The van der Waals surface area contributed by atoms with E-state index in [1.165, 1.54) is 25.8 Å². The molecule has 0 amide bonds. The number of aromatic nitrogens is 1. The SMILES string of the molecule is COC(=O)C(C)OC(=O)c1cccnc1SC. The summed E-state index contributed by atoms with van der Waals surface area (Å²) in [6, 6.07) is 3.24. The number of hydrogen-bond acceptors (Lipinski definition) is 6. The number of hydrogen-bond donors (Lipinski definition) is 0. The summed E-state index contributed by atoms with van der Waals surface area (Å²) in [7, 11) is 1.24. The van der Waals surface area contributed by atoms with Crippen molar-refractivity contribution in [2.45, 2.75) is 18.1 Å². The number of methoxy groups -OCH3 is 1. The van der Waals surface area contributed by atoms with Gasteiger partial charge >= 0.3 is 11.9 Å². The lowest BCUT2D eigenvalue weighted by molar-refractivity contribution is -0.149. The predicted molar refractivity (Wildman–Crippen MR) is 62.9 cm³/mol. The van der Waals surface area contributed by atoms with Crippen LogP contribution in [0.4, 0.5) is 0 Å². The third kappa shape index (κ3) is 3.45. The number of pyridine rings is 1. The van der Waals surface area contributed by atoms with Gasteiger partial charge in [-0.25, -0.2) is 14.6 Å². The van der Waals surface area contributed by atoms with Crippen molar-refractivity contribution in [1.82, 2.24) is 4.98 Å². The Labute approximate surface area is 104 Å². The van der Waals surface area contributed by atoms with Crippen LogP contribution >= 0.6 is 11.8 Å². The summed E-state index contributed by atoms with van der Waals surface area (Å²) < 4.78 is 9.43. The van der Waals surface area contributed by atoms with Crippen molar-refractivity contribution in [3.8, 4) is 0 Å². The molecule has 0 bridgehead atoms. The molecule has 0 fully saturated rings. The van der Waals surface area contributed by atoms with Crippen LogP contribution in [0.2, 0.25) is 0 Å². The topological polar surface area (TPSA) is 65.5 Å². The number of esters is 2. The van der Waals surface area contributed by atoms with E-state index in [0.29, 0.717) is 10.6 Å². The van der Waals surface area contributed by atoms with Crippen LogP contribution in [0.25, 0.3) is 0 Å². The summed E-state index contributed by atoms with van der Waals surface area (Å²) in [5.41, 5.74) is 0.343. The van der Waals surface area contributed by atoms with Gasteiger partial charge in [-0.2, -0.15) is 0 Å². The van der Waals surface area contributed by atoms with E-state index in [-0.39, 0.29) is 0 Å². The fraction of sp³-hybridized carbons (Fsp3) is 0.364. The molecule has 0 N–H and O–H groups in total. The van der Waals surface area contributed by atoms with Crippen LogP contribution in [0.1, 0.15) is 17.3 Å². The first kappa shape index (κ1) is 13.5. The highest BCUT2D eigenvalue weighted by atomic mass is 32.2. The Morgan fingerprint density at radius 2 is 2.18 bits per heavy atom. The normalized spacial score (nSPS) is 11.7. The number of nitrogens with zero attached hydrogens (tertiary/aromatic N) is 1. The summed E-state index contributed by atoms with van der Waals surface area (Å²) in [5, 5.41) is 0.564. The minimum Gasteiger partial charge on any atom is -0.466 e. The van der Waals surface area contributed by atoms with Gasteiger partial charge in [0.2, 0.25) is 0 Å². The minimum atomic E-state index is -0.928. The maximum absolute atomic E-state index is 11.8. The highest BCUT2D eigenvalue weighted by molar-refractivity contribution is 7.98. The zero-order chi connectivity index (χ0) is 12.8. The molecule has 0 saturated heterocycles. The number of rotatable bonds is 4. The first-order chi connectivity index (χ1) is 8.10. The Morgan fingerprint density at radius 3 is 2.76 bits per heavy atom. The molecular formula is C11H13NO4S. The van der Waals surface area contributed by atoms with E-state index in [4.69, 9.17) is 4.74 Å². The lowest BCUT2D eigenvalue weighted by Crippen LogP contribution is -2.25. The van der Waals surface area contributed by atoms with Crippen molar-refractivity contribution in [2.24, 2.45) is 0 Å². The Hall–Kier alpha value is -1.56. The molecule has 92 valence electrons. The van der Waals surface area contributed by atoms with Gasteiger partial charge in [-0.3, -0.25) is 0 Å². The number of carbonyl (C=O) groups excluding carboxylic acids is 2. The maximum Gasteiger partial charge on any atom is 0.346 e. The zero-order valence-corrected chi connectivity index (χ0v) is 10.6. The molecule has 1 atom stereocenters. The summed E-state index contributed by atoms with van der Waals surface area (Å²) in [6.45, 7) is 1.46. The molecule has 1 aromatic rings. The Kier molecular flexibility index (Phi) is 4.96. The maximum atomic E-state index is 11.8. The molecule has 1 unspecified atom stereocenters. The average Bonchev–Trinajstić information content (AvgIpc) is 2.37. The molecule has 0 radical (unpaired) electrons. The molecule has 1 aromatic heterocycles. The molecule has 0 spiro atoms. The van der Waals surface area contributed by atoms with Gasteiger partial charge in [-0.05, 0) is 25.3 Å². The lowest BCUT2D eigenvalue weighted by Gasteiger charge is -2.11. The van der Waals surface area contributed by atoms with Crippen LogP contribution in [0.3, 0.4) is 0 Å². The zero-order valence-electron chi connectivity index (χ0n) is 9.80. The van der Waals surface area contributed by atoms with Crippen molar-refractivity contribution in [2.75, 3.05) is 13.4 Å². The van der Waals surface area contributed by atoms with Crippen LogP contribution < -0.4 is 0 Å². The minimum absolute atomic E-state index is 0.343. The van der Waals surface area contributed by atoms with Crippen LogP contribution in [-0.2, 0) is 14.3 Å². The number of carbonyl (C=O) groups is 2. The molecule has 0 aliphatic rings. The predicted octanol–water partition coefficient (Wildman–Crippen LogP) is 1.52.